The maximum Gasteiger partial charge on any atom is 0.0528 e. The minimum Gasteiger partial charge on any atom is -0.334 e. The fourth-order valence-corrected chi connectivity index (χ4v) is 9.13. The monoisotopic (exact) mass is 497 g/mol. The molecule has 0 spiro atoms. The molecule has 7 rings (SSSR count). The van der Waals surface area contributed by atoms with Crippen LogP contribution in [-0.4, -0.2) is 5.54 Å². The van der Waals surface area contributed by atoms with Crippen LogP contribution in [0.3, 0.4) is 0 Å². The van der Waals surface area contributed by atoms with E-state index >= 15 is 0 Å². The lowest BCUT2D eigenvalue weighted by Crippen LogP contribution is -2.65. The number of rotatable bonds is 2. The zero-order valence-corrected chi connectivity index (χ0v) is 23.7. The second-order valence-corrected chi connectivity index (χ2v) is 13.9. The zero-order chi connectivity index (χ0) is 26.5. The van der Waals surface area contributed by atoms with Crippen molar-refractivity contribution in [1.29, 1.82) is 0 Å². The van der Waals surface area contributed by atoms with Crippen molar-refractivity contribution in [3.05, 3.63) is 108 Å². The summed E-state index contributed by atoms with van der Waals surface area (Å²) in [7, 11) is 0. The van der Waals surface area contributed by atoms with Crippen LogP contribution < -0.4 is 4.90 Å². The van der Waals surface area contributed by atoms with Crippen molar-refractivity contribution in [3.8, 4) is 22.3 Å². The van der Waals surface area contributed by atoms with Gasteiger partial charge in [0.05, 0.1) is 5.54 Å². The van der Waals surface area contributed by atoms with Gasteiger partial charge in [-0.1, -0.05) is 101 Å². The first-order valence-corrected chi connectivity index (χ1v) is 14.3. The lowest BCUT2D eigenvalue weighted by molar-refractivity contribution is -0.0236. The van der Waals surface area contributed by atoms with Gasteiger partial charge in [-0.25, -0.2) is 0 Å². The highest BCUT2D eigenvalue weighted by Crippen LogP contribution is 2.69. The van der Waals surface area contributed by atoms with E-state index in [1.807, 2.05) is 0 Å². The molecule has 0 saturated heterocycles. The van der Waals surface area contributed by atoms with Crippen LogP contribution in [0.1, 0.15) is 71.1 Å². The normalized spacial score (nSPS) is 25.9. The molecule has 38 heavy (non-hydrogen) atoms. The molecule has 2 aliphatic carbocycles. The number of hydrogen-bond donors (Lipinski definition) is 0. The van der Waals surface area contributed by atoms with Crippen molar-refractivity contribution in [3.63, 3.8) is 0 Å². The fourth-order valence-electron chi connectivity index (χ4n) is 9.13. The summed E-state index contributed by atoms with van der Waals surface area (Å²) < 4.78 is 0. The first-order valence-electron chi connectivity index (χ1n) is 14.3. The van der Waals surface area contributed by atoms with Gasteiger partial charge in [-0.05, 0) is 100 Å². The number of anilines is 2. The van der Waals surface area contributed by atoms with Gasteiger partial charge in [0.15, 0.2) is 0 Å². The van der Waals surface area contributed by atoms with Gasteiger partial charge >= 0.3 is 0 Å². The van der Waals surface area contributed by atoms with Crippen LogP contribution in [0.15, 0.2) is 91.0 Å². The third kappa shape index (κ3) is 3.05. The van der Waals surface area contributed by atoms with Crippen molar-refractivity contribution in [2.24, 2.45) is 10.8 Å². The van der Waals surface area contributed by atoms with Crippen molar-refractivity contribution in [2.45, 2.75) is 71.8 Å². The van der Waals surface area contributed by atoms with E-state index in [2.05, 4.69) is 137 Å². The Hall–Kier alpha value is -3.32. The Labute approximate surface area is 228 Å². The zero-order valence-electron chi connectivity index (χ0n) is 23.7. The van der Waals surface area contributed by atoms with Gasteiger partial charge in [-0.2, -0.15) is 0 Å². The van der Waals surface area contributed by atoms with Crippen LogP contribution in [0.4, 0.5) is 11.4 Å². The molecule has 0 aromatic heterocycles. The largest absolute Gasteiger partial charge is 0.334 e. The summed E-state index contributed by atoms with van der Waals surface area (Å²) in [6, 6.07) is 34.4. The van der Waals surface area contributed by atoms with Gasteiger partial charge in [0.25, 0.3) is 0 Å². The highest BCUT2D eigenvalue weighted by molar-refractivity contribution is 5.83. The Balaban J connectivity index is 1.41. The topological polar surface area (TPSA) is 3.24 Å². The van der Waals surface area contributed by atoms with Gasteiger partial charge in [-0.15, -0.1) is 0 Å². The highest BCUT2D eigenvalue weighted by atomic mass is 15.3. The van der Waals surface area contributed by atoms with Crippen LogP contribution in [0, 0.1) is 10.8 Å². The molecule has 1 nitrogen and oxygen atoms in total. The maximum atomic E-state index is 2.69. The Morgan fingerprint density at radius 2 is 1.26 bits per heavy atom. The molecule has 4 aromatic rings. The van der Waals surface area contributed by atoms with E-state index in [-0.39, 0.29) is 21.8 Å². The Morgan fingerprint density at radius 3 is 2.05 bits per heavy atom. The molecule has 1 saturated carbocycles. The van der Waals surface area contributed by atoms with Gasteiger partial charge < -0.3 is 4.90 Å². The number of benzene rings is 4. The van der Waals surface area contributed by atoms with Crippen molar-refractivity contribution >= 4 is 11.4 Å². The van der Waals surface area contributed by atoms with Crippen LogP contribution >= 0.6 is 0 Å². The third-order valence-corrected chi connectivity index (χ3v) is 10.6. The molecule has 0 radical (unpaired) electrons. The van der Waals surface area contributed by atoms with E-state index in [9.17, 15) is 0 Å². The Morgan fingerprint density at radius 1 is 0.605 bits per heavy atom. The van der Waals surface area contributed by atoms with Crippen molar-refractivity contribution in [2.75, 3.05) is 4.90 Å². The van der Waals surface area contributed by atoms with Crippen LogP contribution in [-0.2, 0) is 11.8 Å². The number of nitrogens with zero attached hydrogens (tertiary/aromatic N) is 1. The molecule has 2 unspecified atom stereocenters. The van der Waals surface area contributed by atoms with Crippen molar-refractivity contribution < 1.29 is 0 Å². The molecule has 192 valence electrons. The molecule has 3 aliphatic rings. The lowest BCUT2D eigenvalue weighted by atomic mass is 9.45. The molecule has 0 N–H and O–H groups in total. The molecule has 1 fully saturated rings. The quantitative estimate of drug-likeness (QED) is 0.234. The van der Waals surface area contributed by atoms with Crippen LogP contribution in [0.25, 0.3) is 22.3 Å². The first kappa shape index (κ1) is 23.8. The molecule has 1 heterocycles. The predicted octanol–water partition coefficient (Wildman–Crippen LogP) is 9.94. The first-order chi connectivity index (χ1) is 18.0. The van der Waals surface area contributed by atoms with Gasteiger partial charge in [0, 0.05) is 16.8 Å². The minimum atomic E-state index is -0.0276. The lowest BCUT2D eigenvalue weighted by Gasteiger charge is -2.62. The second kappa shape index (κ2) is 7.63. The molecule has 4 aromatic carbocycles. The molecular weight excluding hydrogens is 458 g/mol. The van der Waals surface area contributed by atoms with E-state index in [0.717, 1.165) is 12.8 Å². The maximum absolute atomic E-state index is 2.69. The Bertz CT molecular complexity index is 1580. The number of hydrogen-bond acceptors (Lipinski definition) is 1. The van der Waals surface area contributed by atoms with Gasteiger partial charge in [-0.3, -0.25) is 0 Å². The molecule has 0 bridgehead atoms. The second-order valence-electron chi connectivity index (χ2n) is 13.9. The van der Waals surface area contributed by atoms with E-state index < -0.39 is 0 Å². The summed E-state index contributed by atoms with van der Waals surface area (Å²) in [5.41, 5.74) is 12.9. The van der Waals surface area contributed by atoms with Crippen LogP contribution in [0.5, 0.6) is 0 Å². The van der Waals surface area contributed by atoms with E-state index in [1.54, 1.807) is 0 Å². The summed E-state index contributed by atoms with van der Waals surface area (Å²) in [6.45, 7) is 15.1. The standard InChI is InChI=1S/C37H39N/c1-34(2)23-35(3,4)37(6)32-22-26(25-16-18-31-28(20-25)21-27-12-10-11-15-30(27)31)17-19-33(32)38(36(37,5)24-34)29-13-8-7-9-14-29/h7-20,22H,21,23-24H2,1-6H3. The van der Waals surface area contributed by atoms with E-state index in [0.29, 0.717) is 0 Å². The SMILES string of the molecule is CC1(C)CC(C)(C)C2(C)c3cc(-c4ccc5c(c4)Cc4ccccc4-5)ccc3N(c3ccccc3)C2(C)C1. The molecule has 2 atom stereocenters. The number of para-hydroxylation sites is 1. The minimum absolute atomic E-state index is 0.00364. The summed E-state index contributed by atoms with van der Waals surface area (Å²) in [6.07, 6.45) is 3.41. The third-order valence-electron chi connectivity index (χ3n) is 10.6. The van der Waals surface area contributed by atoms with E-state index in [4.69, 9.17) is 0 Å². The van der Waals surface area contributed by atoms with Gasteiger partial charge in [0.1, 0.15) is 0 Å². The molecule has 0 amide bonds. The fraction of sp³-hybridized carbons (Fsp3) is 0.351. The highest BCUT2D eigenvalue weighted by Gasteiger charge is 2.67. The summed E-state index contributed by atoms with van der Waals surface area (Å²) in [4.78, 5) is 2.69. The van der Waals surface area contributed by atoms with Crippen molar-refractivity contribution in [1.82, 2.24) is 0 Å². The van der Waals surface area contributed by atoms with Crippen LogP contribution in [0.2, 0.25) is 0 Å². The van der Waals surface area contributed by atoms with E-state index in [1.165, 1.54) is 56.7 Å². The molecule has 1 aliphatic heterocycles. The predicted molar refractivity (Wildman–Crippen MR) is 161 cm³/mol. The van der Waals surface area contributed by atoms with Gasteiger partial charge in [0.2, 0.25) is 0 Å². The molecule has 1 heteroatoms. The summed E-state index contributed by atoms with van der Waals surface area (Å²) in [5.74, 6) is 0. The summed E-state index contributed by atoms with van der Waals surface area (Å²) >= 11 is 0. The smallest absolute Gasteiger partial charge is 0.0528 e. The number of fused-ring (bicyclic) bond motifs is 6. The average molecular weight is 498 g/mol. The molecular formula is C37H39N. The Kier molecular flexibility index (Phi) is 4.77. The average Bonchev–Trinajstić information content (AvgIpc) is 3.34. The summed E-state index contributed by atoms with van der Waals surface area (Å²) in [5, 5.41) is 0.